The summed E-state index contributed by atoms with van der Waals surface area (Å²) in [6.07, 6.45) is 3.56. The Morgan fingerprint density at radius 3 is 2.42 bits per heavy atom. The highest BCUT2D eigenvalue weighted by Gasteiger charge is 2.22. The van der Waals surface area contributed by atoms with E-state index in [1.807, 2.05) is 0 Å². The molecule has 2 rings (SSSR count). The molecule has 0 spiro atoms. The van der Waals surface area contributed by atoms with Crippen molar-refractivity contribution in [3.8, 4) is 0 Å². The molecule has 0 aromatic heterocycles. The number of rotatable bonds is 5. The van der Waals surface area contributed by atoms with E-state index in [2.05, 4.69) is 49.1 Å². The summed E-state index contributed by atoms with van der Waals surface area (Å²) in [5.41, 5.74) is 7.70. The highest BCUT2D eigenvalue weighted by Crippen LogP contribution is 2.21. The number of hydrogen-bond acceptors (Lipinski definition) is 2. The summed E-state index contributed by atoms with van der Waals surface area (Å²) in [4.78, 5) is 2.56. The fourth-order valence-corrected chi connectivity index (χ4v) is 3.36. The molecule has 0 saturated carbocycles. The molecule has 0 bridgehead atoms. The quantitative estimate of drug-likeness (QED) is 0.882. The number of nitrogens with zero attached hydrogens (tertiary/aromatic N) is 1. The van der Waals surface area contributed by atoms with E-state index in [4.69, 9.17) is 5.73 Å². The minimum absolute atomic E-state index is 0.303. The zero-order valence-electron chi connectivity index (χ0n) is 12.4. The van der Waals surface area contributed by atoms with Crippen LogP contribution < -0.4 is 5.73 Å². The predicted molar refractivity (Wildman–Crippen MR) is 82.1 cm³/mol. The van der Waals surface area contributed by atoms with E-state index in [1.165, 1.54) is 25.1 Å². The van der Waals surface area contributed by atoms with Gasteiger partial charge in [-0.2, -0.15) is 0 Å². The first-order chi connectivity index (χ1) is 9.13. The van der Waals surface area contributed by atoms with Crippen LogP contribution in [0.1, 0.15) is 32.3 Å². The van der Waals surface area contributed by atoms with Gasteiger partial charge in [-0.05, 0) is 36.7 Å². The van der Waals surface area contributed by atoms with E-state index in [-0.39, 0.29) is 0 Å². The van der Waals surface area contributed by atoms with E-state index < -0.39 is 0 Å². The van der Waals surface area contributed by atoms with E-state index in [1.54, 1.807) is 0 Å². The molecule has 0 amide bonds. The molecule has 0 aliphatic carbocycles. The smallest absolute Gasteiger partial charge is 0.0170 e. The van der Waals surface area contributed by atoms with Crippen LogP contribution in [-0.2, 0) is 6.42 Å². The van der Waals surface area contributed by atoms with Gasteiger partial charge in [-0.1, -0.05) is 44.2 Å². The molecular weight excluding hydrogens is 232 g/mol. The predicted octanol–water partition coefficient (Wildman–Crippen LogP) is 2.92. The van der Waals surface area contributed by atoms with Gasteiger partial charge in [-0.15, -0.1) is 0 Å². The van der Waals surface area contributed by atoms with Crippen molar-refractivity contribution < 1.29 is 0 Å². The molecule has 2 N–H and O–H groups in total. The van der Waals surface area contributed by atoms with Crippen molar-refractivity contribution in [2.45, 2.75) is 39.2 Å². The topological polar surface area (TPSA) is 29.3 Å². The van der Waals surface area contributed by atoms with Crippen LogP contribution in [0.2, 0.25) is 0 Å². The fraction of sp³-hybridized carbons (Fsp3) is 0.647. The highest BCUT2D eigenvalue weighted by atomic mass is 15.1. The van der Waals surface area contributed by atoms with Gasteiger partial charge in [-0.3, -0.25) is 0 Å². The summed E-state index contributed by atoms with van der Waals surface area (Å²) in [6.45, 7) is 8.23. The second-order valence-corrected chi connectivity index (χ2v) is 6.45. The first kappa shape index (κ1) is 14.5. The molecule has 1 aromatic carbocycles. The van der Waals surface area contributed by atoms with E-state index in [9.17, 15) is 0 Å². The second kappa shape index (κ2) is 7.06. The van der Waals surface area contributed by atoms with Crippen molar-refractivity contribution in [1.82, 2.24) is 4.90 Å². The van der Waals surface area contributed by atoms with Crippen LogP contribution in [0.3, 0.4) is 0 Å². The van der Waals surface area contributed by atoms with Crippen LogP contribution >= 0.6 is 0 Å². The largest absolute Gasteiger partial charge is 0.327 e. The minimum Gasteiger partial charge on any atom is -0.327 e. The fourth-order valence-electron chi connectivity index (χ4n) is 3.36. The Hall–Kier alpha value is -0.860. The molecule has 3 unspecified atom stereocenters. The van der Waals surface area contributed by atoms with E-state index in [0.29, 0.717) is 6.04 Å². The normalized spacial score (nSPS) is 26.3. The Balaban J connectivity index is 1.73. The first-order valence-electron chi connectivity index (χ1n) is 7.65. The standard InChI is InChI=1S/C17H28N2/c1-14-10-15(2)12-19(11-14)13-17(18)9-8-16-6-4-3-5-7-16/h3-7,14-15,17H,8-13,18H2,1-2H3. The van der Waals surface area contributed by atoms with Gasteiger partial charge in [0.25, 0.3) is 0 Å². The summed E-state index contributed by atoms with van der Waals surface area (Å²) < 4.78 is 0. The van der Waals surface area contributed by atoms with E-state index in [0.717, 1.165) is 31.2 Å². The van der Waals surface area contributed by atoms with Gasteiger partial charge in [0.1, 0.15) is 0 Å². The van der Waals surface area contributed by atoms with Crippen molar-refractivity contribution in [3.05, 3.63) is 35.9 Å². The molecule has 0 radical (unpaired) electrons. The number of aryl methyl sites for hydroxylation is 1. The Labute approximate surface area is 118 Å². The summed E-state index contributed by atoms with van der Waals surface area (Å²) in [5.74, 6) is 1.65. The zero-order chi connectivity index (χ0) is 13.7. The molecule has 19 heavy (non-hydrogen) atoms. The molecule has 106 valence electrons. The molecule has 2 heteroatoms. The number of nitrogens with two attached hydrogens (primary N) is 1. The third-order valence-electron chi connectivity index (χ3n) is 4.08. The van der Waals surface area contributed by atoms with Crippen LogP contribution in [0, 0.1) is 11.8 Å². The lowest BCUT2D eigenvalue weighted by Crippen LogP contribution is -2.45. The maximum absolute atomic E-state index is 6.30. The summed E-state index contributed by atoms with van der Waals surface area (Å²) >= 11 is 0. The van der Waals surface area contributed by atoms with Crippen LogP contribution in [0.15, 0.2) is 30.3 Å². The second-order valence-electron chi connectivity index (χ2n) is 6.45. The molecular formula is C17H28N2. The van der Waals surface area contributed by atoms with Crippen molar-refractivity contribution in [1.29, 1.82) is 0 Å². The monoisotopic (exact) mass is 260 g/mol. The van der Waals surface area contributed by atoms with Gasteiger partial charge in [0, 0.05) is 25.7 Å². The van der Waals surface area contributed by atoms with Gasteiger partial charge in [0.15, 0.2) is 0 Å². The Bertz CT molecular complexity index is 353. The lowest BCUT2D eigenvalue weighted by atomic mass is 9.91. The molecule has 1 heterocycles. The van der Waals surface area contributed by atoms with Crippen molar-refractivity contribution in [2.75, 3.05) is 19.6 Å². The molecule has 1 saturated heterocycles. The van der Waals surface area contributed by atoms with Gasteiger partial charge in [0.05, 0.1) is 0 Å². The van der Waals surface area contributed by atoms with Crippen molar-refractivity contribution >= 4 is 0 Å². The summed E-state index contributed by atoms with van der Waals surface area (Å²) in [6, 6.07) is 11.0. The molecule has 3 atom stereocenters. The number of benzene rings is 1. The average Bonchev–Trinajstić information content (AvgIpc) is 2.36. The maximum Gasteiger partial charge on any atom is 0.0170 e. The zero-order valence-corrected chi connectivity index (χ0v) is 12.4. The van der Waals surface area contributed by atoms with Gasteiger partial charge >= 0.3 is 0 Å². The van der Waals surface area contributed by atoms with E-state index >= 15 is 0 Å². The summed E-state index contributed by atoms with van der Waals surface area (Å²) in [7, 11) is 0. The molecule has 1 aromatic rings. The number of likely N-dealkylation sites (tertiary alicyclic amines) is 1. The van der Waals surface area contributed by atoms with Gasteiger partial charge in [-0.25, -0.2) is 0 Å². The molecule has 1 aliphatic heterocycles. The molecule has 1 aliphatic rings. The third kappa shape index (κ3) is 4.96. The van der Waals surface area contributed by atoms with Crippen molar-refractivity contribution in [2.24, 2.45) is 17.6 Å². The lowest BCUT2D eigenvalue weighted by molar-refractivity contribution is 0.133. The maximum atomic E-state index is 6.30. The van der Waals surface area contributed by atoms with Crippen LogP contribution in [0.25, 0.3) is 0 Å². The number of hydrogen-bond donors (Lipinski definition) is 1. The Morgan fingerprint density at radius 2 is 1.79 bits per heavy atom. The molecule has 1 fully saturated rings. The Kier molecular flexibility index (Phi) is 5.41. The van der Waals surface area contributed by atoms with Gasteiger partial charge in [0.2, 0.25) is 0 Å². The first-order valence-corrected chi connectivity index (χ1v) is 7.65. The Morgan fingerprint density at radius 1 is 1.16 bits per heavy atom. The number of piperidine rings is 1. The lowest BCUT2D eigenvalue weighted by Gasteiger charge is -2.36. The third-order valence-corrected chi connectivity index (χ3v) is 4.08. The SMILES string of the molecule is CC1CC(C)CN(CC(N)CCc2ccccc2)C1. The average molecular weight is 260 g/mol. The minimum atomic E-state index is 0.303. The van der Waals surface area contributed by atoms with Crippen LogP contribution in [-0.4, -0.2) is 30.6 Å². The van der Waals surface area contributed by atoms with Crippen LogP contribution in [0.4, 0.5) is 0 Å². The van der Waals surface area contributed by atoms with Crippen LogP contribution in [0.5, 0.6) is 0 Å². The van der Waals surface area contributed by atoms with Crippen molar-refractivity contribution in [3.63, 3.8) is 0 Å². The van der Waals surface area contributed by atoms with Gasteiger partial charge < -0.3 is 10.6 Å². The highest BCUT2D eigenvalue weighted by molar-refractivity contribution is 5.14. The molecule has 2 nitrogen and oxygen atoms in total. The summed E-state index contributed by atoms with van der Waals surface area (Å²) in [5, 5.41) is 0.